The van der Waals surface area contributed by atoms with Gasteiger partial charge in [-0.25, -0.2) is 8.91 Å². The van der Waals surface area contributed by atoms with E-state index in [4.69, 9.17) is 0 Å². The van der Waals surface area contributed by atoms with Gasteiger partial charge in [-0.3, -0.25) is 0 Å². The number of hydrogen-bond donors (Lipinski definition) is 2. The van der Waals surface area contributed by atoms with Crippen molar-refractivity contribution < 1.29 is 4.39 Å². The van der Waals surface area contributed by atoms with Gasteiger partial charge in [-0.1, -0.05) is 0 Å². The third-order valence-electron chi connectivity index (χ3n) is 3.44. The molecule has 3 rings (SSSR count). The molecule has 2 N–H and O–H groups in total. The third kappa shape index (κ3) is 3.23. The molecule has 1 saturated heterocycles. The van der Waals surface area contributed by atoms with E-state index in [2.05, 4.69) is 25.6 Å². The smallest absolute Gasteiger partial charge is 0.243 e. The quantitative estimate of drug-likeness (QED) is 0.783. The average Bonchev–Trinajstić information content (AvgIpc) is 2.86. The highest BCUT2D eigenvalue weighted by Gasteiger charge is 2.08. The van der Waals surface area contributed by atoms with Gasteiger partial charge in [0, 0.05) is 32.7 Å². The molecule has 0 bridgehead atoms. The first-order valence-corrected chi connectivity index (χ1v) is 7.00. The number of halogens is 1. The predicted octanol–water partition coefficient (Wildman–Crippen LogP) is 0.576. The molecule has 1 fully saturated rings. The van der Waals surface area contributed by atoms with E-state index in [-0.39, 0.29) is 5.82 Å². The molecule has 6 nitrogen and oxygen atoms in total. The minimum Gasteiger partial charge on any atom is -0.353 e. The maximum atomic E-state index is 13.0. The van der Waals surface area contributed by atoms with Crippen LogP contribution < -0.4 is 10.6 Å². The zero-order valence-corrected chi connectivity index (χ0v) is 11.3. The zero-order valence-electron chi connectivity index (χ0n) is 11.3. The van der Waals surface area contributed by atoms with E-state index in [1.807, 2.05) is 0 Å². The van der Waals surface area contributed by atoms with Crippen LogP contribution in [0.2, 0.25) is 0 Å². The number of nitrogens with zero attached hydrogens (tertiary/aromatic N) is 4. The fourth-order valence-electron chi connectivity index (χ4n) is 2.37. The van der Waals surface area contributed by atoms with Crippen LogP contribution in [0.4, 0.5) is 10.3 Å². The average molecular weight is 278 g/mol. The zero-order chi connectivity index (χ0) is 13.8. The van der Waals surface area contributed by atoms with Gasteiger partial charge in [-0.05, 0) is 25.1 Å². The van der Waals surface area contributed by atoms with Crippen molar-refractivity contribution in [2.45, 2.75) is 6.42 Å². The van der Waals surface area contributed by atoms with Gasteiger partial charge in [-0.15, -0.1) is 5.10 Å². The van der Waals surface area contributed by atoms with E-state index >= 15 is 0 Å². The summed E-state index contributed by atoms with van der Waals surface area (Å²) in [7, 11) is 0. The maximum Gasteiger partial charge on any atom is 0.243 e. The molecule has 0 atom stereocenters. The van der Waals surface area contributed by atoms with E-state index < -0.39 is 0 Å². The Kier molecular flexibility index (Phi) is 4.08. The fourth-order valence-corrected chi connectivity index (χ4v) is 2.37. The van der Waals surface area contributed by atoms with Crippen LogP contribution in [0.15, 0.2) is 18.3 Å². The van der Waals surface area contributed by atoms with E-state index in [9.17, 15) is 4.39 Å². The highest BCUT2D eigenvalue weighted by Crippen LogP contribution is 2.06. The largest absolute Gasteiger partial charge is 0.353 e. The second-order valence-corrected chi connectivity index (χ2v) is 4.96. The minimum atomic E-state index is -0.312. The number of piperazine rings is 1. The van der Waals surface area contributed by atoms with E-state index in [1.165, 1.54) is 16.8 Å². The molecule has 0 radical (unpaired) electrons. The number of aromatic nitrogens is 3. The lowest BCUT2D eigenvalue weighted by atomic mass is 10.3. The lowest BCUT2D eigenvalue weighted by Gasteiger charge is -2.26. The Labute approximate surface area is 117 Å². The normalized spacial score (nSPS) is 16.6. The number of nitrogens with one attached hydrogen (secondary N) is 2. The molecule has 2 aromatic heterocycles. The van der Waals surface area contributed by atoms with Crippen molar-refractivity contribution in [3.8, 4) is 0 Å². The lowest BCUT2D eigenvalue weighted by molar-refractivity contribution is 0.240. The van der Waals surface area contributed by atoms with Crippen molar-refractivity contribution in [2.75, 3.05) is 44.6 Å². The molecule has 1 aliphatic rings. The fraction of sp³-hybridized carbons (Fsp3) is 0.538. The second kappa shape index (κ2) is 6.15. The summed E-state index contributed by atoms with van der Waals surface area (Å²) in [5.41, 5.74) is 0.649. The van der Waals surface area contributed by atoms with Crippen LogP contribution in [0.1, 0.15) is 6.42 Å². The van der Waals surface area contributed by atoms with Gasteiger partial charge in [0.15, 0.2) is 5.65 Å². The molecule has 0 aliphatic carbocycles. The molecular weight excluding hydrogens is 259 g/mol. The number of hydrogen-bond acceptors (Lipinski definition) is 5. The Bertz CT molecular complexity index is 563. The molecule has 1 aliphatic heterocycles. The van der Waals surface area contributed by atoms with Crippen molar-refractivity contribution in [2.24, 2.45) is 0 Å². The van der Waals surface area contributed by atoms with Gasteiger partial charge in [0.2, 0.25) is 5.95 Å². The Hall–Kier alpha value is -1.73. The Morgan fingerprint density at radius 1 is 1.30 bits per heavy atom. The summed E-state index contributed by atoms with van der Waals surface area (Å²) in [6.07, 6.45) is 2.37. The molecule has 0 amide bonds. The SMILES string of the molecule is Fc1ccc2nc(NCCCN3CCNCC3)nn2c1. The lowest BCUT2D eigenvalue weighted by Crippen LogP contribution is -2.44. The van der Waals surface area contributed by atoms with Crippen LogP contribution in [0, 0.1) is 5.82 Å². The monoisotopic (exact) mass is 278 g/mol. The van der Waals surface area contributed by atoms with E-state index in [0.29, 0.717) is 11.6 Å². The summed E-state index contributed by atoms with van der Waals surface area (Å²) in [4.78, 5) is 6.74. The summed E-state index contributed by atoms with van der Waals surface area (Å²) in [6.45, 7) is 6.29. The van der Waals surface area contributed by atoms with Crippen molar-refractivity contribution in [3.05, 3.63) is 24.1 Å². The summed E-state index contributed by atoms with van der Waals surface area (Å²) in [5.74, 6) is 0.239. The van der Waals surface area contributed by atoms with E-state index in [0.717, 1.165) is 45.7 Å². The molecule has 3 heterocycles. The van der Waals surface area contributed by atoms with Crippen molar-refractivity contribution in [1.82, 2.24) is 24.8 Å². The number of rotatable bonds is 5. The molecular formula is C13H19FN6. The molecule has 0 aromatic carbocycles. The highest BCUT2D eigenvalue weighted by molar-refractivity contribution is 5.42. The summed E-state index contributed by atoms with van der Waals surface area (Å²) >= 11 is 0. The summed E-state index contributed by atoms with van der Waals surface area (Å²) in [6, 6.07) is 3.01. The van der Waals surface area contributed by atoms with Crippen molar-refractivity contribution >= 4 is 11.6 Å². The Morgan fingerprint density at radius 3 is 3.00 bits per heavy atom. The topological polar surface area (TPSA) is 57.5 Å². The molecule has 2 aromatic rings. The van der Waals surface area contributed by atoms with Gasteiger partial charge in [0.25, 0.3) is 0 Å². The second-order valence-electron chi connectivity index (χ2n) is 4.96. The van der Waals surface area contributed by atoms with Crippen LogP contribution >= 0.6 is 0 Å². The molecule has 20 heavy (non-hydrogen) atoms. The van der Waals surface area contributed by atoms with Crippen LogP contribution in [0.25, 0.3) is 5.65 Å². The first-order valence-electron chi connectivity index (χ1n) is 7.00. The van der Waals surface area contributed by atoms with Gasteiger partial charge in [-0.2, -0.15) is 4.98 Å². The molecule has 108 valence electrons. The maximum absolute atomic E-state index is 13.0. The van der Waals surface area contributed by atoms with Crippen LogP contribution in [-0.2, 0) is 0 Å². The first kappa shape index (κ1) is 13.3. The third-order valence-corrected chi connectivity index (χ3v) is 3.44. The number of anilines is 1. The van der Waals surface area contributed by atoms with Gasteiger partial charge >= 0.3 is 0 Å². The molecule has 0 unspecified atom stereocenters. The Balaban J connectivity index is 1.47. The number of pyridine rings is 1. The molecule has 7 heteroatoms. The van der Waals surface area contributed by atoms with E-state index in [1.54, 1.807) is 6.07 Å². The van der Waals surface area contributed by atoms with Crippen LogP contribution in [0.5, 0.6) is 0 Å². The van der Waals surface area contributed by atoms with Crippen molar-refractivity contribution in [1.29, 1.82) is 0 Å². The Morgan fingerprint density at radius 2 is 2.15 bits per heavy atom. The molecule has 0 saturated carbocycles. The first-order chi connectivity index (χ1) is 9.81. The minimum absolute atomic E-state index is 0.312. The van der Waals surface area contributed by atoms with Gasteiger partial charge in [0.1, 0.15) is 5.82 Å². The van der Waals surface area contributed by atoms with Gasteiger partial charge in [0.05, 0.1) is 6.20 Å². The van der Waals surface area contributed by atoms with Crippen LogP contribution in [-0.4, -0.2) is 58.8 Å². The predicted molar refractivity (Wildman–Crippen MR) is 75.4 cm³/mol. The highest BCUT2D eigenvalue weighted by atomic mass is 19.1. The summed E-state index contributed by atoms with van der Waals surface area (Å²) in [5, 5.41) is 10.7. The van der Waals surface area contributed by atoms with Crippen molar-refractivity contribution in [3.63, 3.8) is 0 Å². The summed E-state index contributed by atoms with van der Waals surface area (Å²) < 4.78 is 14.5. The van der Waals surface area contributed by atoms with Gasteiger partial charge < -0.3 is 15.5 Å². The standard InChI is InChI=1S/C13H19FN6/c14-11-2-3-12-17-13(18-20(12)10-11)16-4-1-7-19-8-5-15-6-9-19/h2-3,10,15H,1,4-9H2,(H,16,18). The van der Waals surface area contributed by atoms with Crippen LogP contribution in [0.3, 0.4) is 0 Å². The number of fused-ring (bicyclic) bond motifs is 1. The molecule has 0 spiro atoms.